The van der Waals surface area contributed by atoms with Crippen LogP contribution in [0.15, 0.2) is 36.7 Å². The Hall–Kier alpha value is -2.90. The highest BCUT2D eigenvalue weighted by Crippen LogP contribution is 2.15. The molecule has 20 heavy (non-hydrogen) atoms. The van der Waals surface area contributed by atoms with E-state index in [-0.39, 0.29) is 17.3 Å². The van der Waals surface area contributed by atoms with Crippen molar-refractivity contribution >= 4 is 17.4 Å². The van der Waals surface area contributed by atoms with Gasteiger partial charge < -0.3 is 5.32 Å². The first-order valence-corrected chi connectivity index (χ1v) is 5.57. The number of rotatable bonds is 2. The van der Waals surface area contributed by atoms with Crippen molar-refractivity contribution in [2.24, 2.45) is 0 Å². The monoisotopic (exact) mass is 275 g/mol. The minimum atomic E-state index is -0.750. The maximum absolute atomic E-state index is 13.4. The smallest absolute Gasteiger partial charge is 0.295 e. The number of carbonyl (C=O) groups is 1. The molecule has 0 spiro atoms. The Labute approximate surface area is 111 Å². The van der Waals surface area contributed by atoms with Crippen LogP contribution in [0.1, 0.15) is 10.6 Å². The second-order valence-electron chi connectivity index (χ2n) is 3.88. The van der Waals surface area contributed by atoms with Crippen LogP contribution in [-0.4, -0.2) is 25.5 Å². The second kappa shape index (κ2) is 4.65. The Morgan fingerprint density at radius 1 is 1.30 bits per heavy atom. The van der Waals surface area contributed by atoms with Crippen molar-refractivity contribution in [1.29, 1.82) is 0 Å². The minimum Gasteiger partial charge on any atom is -0.317 e. The highest BCUT2D eigenvalue weighted by molar-refractivity contribution is 6.01. The Morgan fingerprint density at radius 3 is 2.95 bits per heavy atom. The van der Waals surface area contributed by atoms with Crippen molar-refractivity contribution in [2.45, 2.75) is 0 Å². The molecule has 0 bridgehead atoms. The molecule has 0 fully saturated rings. The molecule has 8 heteroatoms. The number of nitrogens with one attached hydrogen (secondary N) is 1. The summed E-state index contributed by atoms with van der Waals surface area (Å²) < 4.78 is 27.7. The number of nitrogens with zero attached hydrogens (tertiary/aromatic N) is 4. The molecule has 3 aromatic rings. The maximum Gasteiger partial charge on any atom is 0.295 e. The van der Waals surface area contributed by atoms with Crippen LogP contribution in [0, 0.1) is 11.6 Å². The third-order valence-electron chi connectivity index (χ3n) is 2.50. The van der Waals surface area contributed by atoms with Gasteiger partial charge in [0.15, 0.2) is 0 Å². The van der Waals surface area contributed by atoms with Crippen molar-refractivity contribution in [3.63, 3.8) is 0 Å². The van der Waals surface area contributed by atoms with E-state index < -0.39 is 17.5 Å². The Morgan fingerprint density at radius 2 is 2.15 bits per heavy atom. The number of benzene rings is 1. The van der Waals surface area contributed by atoms with Crippen LogP contribution in [0.25, 0.3) is 5.78 Å². The van der Waals surface area contributed by atoms with Crippen LogP contribution in [0.4, 0.5) is 14.5 Å². The number of anilines is 1. The number of carbonyl (C=O) groups excluding carboxylic acids is 1. The summed E-state index contributed by atoms with van der Waals surface area (Å²) in [5, 5.41) is 6.08. The lowest BCUT2D eigenvalue weighted by Gasteiger charge is -2.03. The van der Waals surface area contributed by atoms with Gasteiger partial charge in [0.2, 0.25) is 5.82 Å². The normalized spacial score (nSPS) is 10.7. The quantitative estimate of drug-likeness (QED) is 0.772. The predicted octanol–water partition coefficient (Wildman–Crippen LogP) is 1.65. The fraction of sp³-hybridized carbons (Fsp3) is 0. The van der Waals surface area contributed by atoms with Crippen LogP contribution in [-0.2, 0) is 0 Å². The highest BCUT2D eigenvalue weighted by Gasteiger charge is 2.15. The van der Waals surface area contributed by atoms with Gasteiger partial charge in [0.1, 0.15) is 11.6 Å². The molecule has 0 saturated carbocycles. The molecule has 100 valence electrons. The number of amides is 1. The second-order valence-corrected chi connectivity index (χ2v) is 3.88. The molecule has 1 aromatic carbocycles. The Kier molecular flexibility index (Phi) is 2.82. The van der Waals surface area contributed by atoms with Gasteiger partial charge in [-0.25, -0.2) is 18.3 Å². The van der Waals surface area contributed by atoms with Gasteiger partial charge >= 0.3 is 0 Å². The van der Waals surface area contributed by atoms with Crippen LogP contribution < -0.4 is 5.32 Å². The molecule has 0 unspecified atom stereocenters. The summed E-state index contributed by atoms with van der Waals surface area (Å²) in [5.41, 5.74) is -0.276. The van der Waals surface area contributed by atoms with E-state index in [2.05, 4.69) is 20.4 Å². The molecule has 0 aliphatic carbocycles. The average molecular weight is 275 g/mol. The van der Waals surface area contributed by atoms with Gasteiger partial charge in [0, 0.05) is 18.5 Å². The summed E-state index contributed by atoms with van der Waals surface area (Å²) in [4.78, 5) is 19.7. The molecule has 2 heterocycles. The molecular formula is C12H7F2N5O. The predicted molar refractivity (Wildman–Crippen MR) is 65.1 cm³/mol. The number of halogens is 2. The SMILES string of the molecule is O=C(Nc1cc(F)ccc1F)c1nc2ncccn2n1. The van der Waals surface area contributed by atoms with Gasteiger partial charge in [0.25, 0.3) is 11.7 Å². The van der Waals surface area contributed by atoms with E-state index in [1.54, 1.807) is 12.3 Å². The zero-order chi connectivity index (χ0) is 14.1. The molecule has 1 amide bonds. The zero-order valence-corrected chi connectivity index (χ0v) is 9.92. The molecular weight excluding hydrogens is 268 g/mol. The van der Waals surface area contributed by atoms with Crippen molar-refractivity contribution in [2.75, 3.05) is 5.32 Å². The zero-order valence-electron chi connectivity index (χ0n) is 9.92. The molecule has 0 saturated heterocycles. The first-order valence-electron chi connectivity index (χ1n) is 5.57. The maximum atomic E-state index is 13.4. The van der Waals surface area contributed by atoms with Gasteiger partial charge in [-0.15, -0.1) is 5.10 Å². The van der Waals surface area contributed by atoms with Crippen LogP contribution in [0.3, 0.4) is 0 Å². The minimum absolute atomic E-state index is 0.188. The van der Waals surface area contributed by atoms with Crippen LogP contribution >= 0.6 is 0 Å². The van der Waals surface area contributed by atoms with Gasteiger partial charge in [-0.1, -0.05) is 0 Å². The largest absolute Gasteiger partial charge is 0.317 e. The summed E-state index contributed by atoms with van der Waals surface area (Å²) in [6.45, 7) is 0. The van der Waals surface area contributed by atoms with E-state index in [9.17, 15) is 13.6 Å². The van der Waals surface area contributed by atoms with Gasteiger partial charge in [-0.05, 0) is 18.2 Å². The number of aromatic nitrogens is 4. The molecule has 3 rings (SSSR count). The lowest BCUT2D eigenvalue weighted by Crippen LogP contribution is -2.15. The number of hydrogen-bond acceptors (Lipinski definition) is 4. The van der Waals surface area contributed by atoms with E-state index in [1.807, 2.05) is 0 Å². The van der Waals surface area contributed by atoms with Crippen molar-refractivity contribution in [3.05, 3.63) is 54.1 Å². The first-order chi connectivity index (χ1) is 9.63. The molecule has 0 aliphatic heterocycles. The Balaban J connectivity index is 1.90. The summed E-state index contributed by atoms with van der Waals surface area (Å²) in [6, 6.07) is 4.37. The standard InChI is InChI=1S/C12H7F2N5O/c13-7-2-3-8(14)9(6-7)16-11(20)10-17-12-15-4-1-5-19(12)18-10/h1-6H,(H,16,20). The first kappa shape index (κ1) is 12.2. The van der Waals surface area contributed by atoms with Gasteiger partial charge in [-0.3, -0.25) is 4.79 Å². The summed E-state index contributed by atoms with van der Waals surface area (Å²) in [7, 11) is 0. The van der Waals surface area contributed by atoms with E-state index >= 15 is 0 Å². The fourth-order valence-electron chi connectivity index (χ4n) is 1.60. The van der Waals surface area contributed by atoms with E-state index in [1.165, 1.54) is 10.7 Å². The molecule has 6 nitrogen and oxygen atoms in total. The van der Waals surface area contributed by atoms with Crippen LogP contribution in [0.5, 0.6) is 0 Å². The highest BCUT2D eigenvalue weighted by atomic mass is 19.1. The van der Waals surface area contributed by atoms with Crippen LogP contribution in [0.2, 0.25) is 0 Å². The van der Waals surface area contributed by atoms with E-state index in [0.29, 0.717) is 0 Å². The Bertz CT molecular complexity index is 768. The summed E-state index contributed by atoms with van der Waals surface area (Å²) in [5.74, 6) is -2.11. The molecule has 0 atom stereocenters. The fourth-order valence-corrected chi connectivity index (χ4v) is 1.60. The van der Waals surface area contributed by atoms with Crippen molar-refractivity contribution < 1.29 is 13.6 Å². The van der Waals surface area contributed by atoms with Gasteiger partial charge in [-0.2, -0.15) is 4.98 Å². The van der Waals surface area contributed by atoms with Gasteiger partial charge in [0.05, 0.1) is 5.69 Å². The van der Waals surface area contributed by atoms with E-state index in [4.69, 9.17) is 0 Å². The lowest BCUT2D eigenvalue weighted by molar-refractivity contribution is 0.101. The third-order valence-corrected chi connectivity index (χ3v) is 2.50. The molecule has 0 radical (unpaired) electrons. The topological polar surface area (TPSA) is 72.2 Å². The number of fused-ring (bicyclic) bond motifs is 1. The summed E-state index contributed by atoms with van der Waals surface area (Å²) in [6.07, 6.45) is 3.06. The third kappa shape index (κ3) is 2.18. The lowest BCUT2D eigenvalue weighted by atomic mass is 10.3. The molecule has 0 aliphatic rings. The van der Waals surface area contributed by atoms with Crippen molar-refractivity contribution in [1.82, 2.24) is 19.6 Å². The van der Waals surface area contributed by atoms with Crippen molar-refractivity contribution in [3.8, 4) is 0 Å². The number of hydrogen-bond donors (Lipinski definition) is 1. The molecule has 1 N–H and O–H groups in total. The summed E-state index contributed by atoms with van der Waals surface area (Å²) >= 11 is 0. The average Bonchev–Trinajstić information content (AvgIpc) is 2.87. The van der Waals surface area contributed by atoms with E-state index in [0.717, 1.165) is 18.2 Å². The molecule has 2 aromatic heterocycles.